The molecular formula is C24H32N8O. The third-order valence-electron chi connectivity index (χ3n) is 7.56. The van der Waals surface area contributed by atoms with Crippen molar-refractivity contribution >= 4 is 22.9 Å². The molecule has 0 spiro atoms. The summed E-state index contributed by atoms with van der Waals surface area (Å²) in [6, 6.07) is 0.428. The van der Waals surface area contributed by atoms with Crippen LogP contribution in [-0.2, 0) is 4.74 Å². The van der Waals surface area contributed by atoms with Gasteiger partial charge in [0.2, 0.25) is 5.95 Å². The number of hydrogen-bond acceptors (Lipinski definition) is 8. The number of anilines is 2. The second-order valence-electron chi connectivity index (χ2n) is 9.85. The number of aromatic nitrogens is 6. The van der Waals surface area contributed by atoms with E-state index in [-0.39, 0.29) is 12.2 Å². The minimum Gasteiger partial charge on any atom is -0.382 e. The van der Waals surface area contributed by atoms with E-state index in [4.69, 9.17) is 25.4 Å². The molecule has 0 radical (unpaired) electrons. The molecule has 3 fully saturated rings. The molecule has 2 saturated heterocycles. The van der Waals surface area contributed by atoms with E-state index in [1.165, 1.54) is 38.5 Å². The number of nitrogen functional groups attached to an aromatic ring is 1. The monoisotopic (exact) mass is 448 g/mol. The summed E-state index contributed by atoms with van der Waals surface area (Å²) in [5.41, 5.74) is 8.86. The van der Waals surface area contributed by atoms with Gasteiger partial charge in [0.05, 0.1) is 30.9 Å². The lowest BCUT2D eigenvalue weighted by molar-refractivity contribution is 0.0299. The molecule has 2 bridgehead atoms. The summed E-state index contributed by atoms with van der Waals surface area (Å²) in [6.07, 6.45) is 15.5. The summed E-state index contributed by atoms with van der Waals surface area (Å²) in [6.45, 7) is 3.93. The number of nitrogens with zero attached hydrogens (tertiary/aromatic N) is 7. The maximum absolute atomic E-state index is 6.05. The van der Waals surface area contributed by atoms with Crippen molar-refractivity contribution in [2.24, 2.45) is 5.92 Å². The second kappa shape index (κ2) is 8.52. The number of imidazole rings is 1. The Balaban J connectivity index is 1.40. The second-order valence-corrected chi connectivity index (χ2v) is 9.85. The predicted octanol–water partition coefficient (Wildman–Crippen LogP) is 3.76. The van der Waals surface area contributed by atoms with E-state index in [9.17, 15) is 0 Å². The first-order valence-corrected chi connectivity index (χ1v) is 12.4. The summed E-state index contributed by atoms with van der Waals surface area (Å²) in [7, 11) is 0. The van der Waals surface area contributed by atoms with E-state index in [2.05, 4.69) is 26.4 Å². The first-order valence-electron chi connectivity index (χ1n) is 12.4. The van der Waals surface area contributed by atoms with Crippen LogP contribution in [0.2, 0.25) is 0 Å². The average molecular weight is 449 g/mol. The zero-order chi connectivity index (χ0) is 22.4. The van der Waals surface area contributed by atoms with Crippen molar-refractivity contribution in [2.45, 2.75) is 76.5 Å². The maximum Gasteiger partial charge on any atom is 0.228 e. The van der Waals surface area contributed by atoms with Crippen molar-refractivity contribution in [1.29, 1.82) is 0 Å². The molecule has 9 heteroatoms. The van der Waals surface area contributed by atoms with Crippen LogP contribution in [0.15, 0.2) is 18.7 Å². The fourth-order valence-corrected chi connectivity index (χ4v) is 5.85. The van der Waals surface area contributed by atoms with Crippen LogP contribution in [0, 0.1) is 5.92 Å². The van der Waals surface area contributed by atoms with Crippen LogP contribution in [-0.4, -0.2) is 54.8 Å². The highest BCUT2D eigenvalue weighted by atomic mass is 16.5. The van der Waals surface area contributed by atoms with Gasteiger partial charge >= 0.3 is 0 Å². The molecule has 2 N–H and O–H groups in total. The molecular weight excluding hydrogens is 416 g/mol. The van der Waals surface area contributed by atoms with Crippen molar-refractivity contribution in [1.82, 2.24) is 29.5 Å². The Kier molecular flexibility index (Phi) is 5.36. The molecule has 3 aromatic rings. The minimum atomic E-state index is 0.265. The first-order chi connectivity index (χ1) is 16.2. The van der Waals surface area contributed by atoms with Gasteiger partial charge in [0.25, 0.3) is 0 Å². The Morgan fingerprint density at radius 2 is 1.76 bits per heavy atom. The lowest BCUT2D eigenvalue weighted by Gasteiger charge is -2.32. The van der Waals surface area contributed by atoms with Crippen molar-refractivity contribution in [3.8, 4) is 11.4 Å². The molecule has 2 aliphatic heterocycles. The van der Waals surface area contributed by atoms with Crippen LogP contribution in [0.25, 0.3) is 22.6 Å². The average Bonchev–Trinajstić information content (AvgIpc) is 3.42. The summed E-state index contributed by atoms with van der Waals surface area (Å²) in [5.74, 6) is 1.98. The van der Waals surface area contributed by atoms with Crippen LogP contribution in [0.3, 0.4) is 0 Å². The molecule has 174 valence electrons. The predicted molar refractivity (Wildman–Crippen MR) is 127 cm³/mol. The lowest BCUT2D eigenvalue weighted by Crippen LogP contribution is -2.43. The highest BCUT2D eigenvalue weighted by molar-refractivity contribution is 5.87. The molecule has 33 heavy (non-hydrogen) atoms. The molecule has 0 amide bonds. The Morgan fingerprint density at radius 1 is 0.970 bits per heavy atom. The molecule has 1 saturated carbocycles. The number of rotatable bonds is 5. The van der Waals surface area contributed by atoms with Gasteiger partial charge in [0.1, 0.15) is 22.7 Å². The summed E-state index contributed by atoms with van der Waals surface area (Å²) in [5, 5.41) is 0. The van der Waals surface area contributed by atoms with E-state index in [1.807, 2.05) is 6.33 Å². The largest absolute Gasteiger partial charge is 0.382 e. The zero-order valence-electron chi connectivity index (χ0n) is 19.2. The van der Waals surface area contributed by atoms with E-state index >= 15 is 0 Å². The van der Waals surface area contributed by atoms with Crippen molar-refractivity contribution in [2.75, 3.05) is 23.7 Å². The number of ether oxygens (including phenoxy) is 1. The molecule has 2 unspecified atom stereocenters. The summed E-state index contributed by atoms with van der Waals surface area (Å²) >= 11 is 0. The van der Waals surface area contributed by atoms with E-state index in [0.717, 1.165) is 54.7 Å². The molecule has 5 heterocycles. The standard InChI is InChI=1S/C24H32N8O/c1-2-3-15-4-6-16(7-5-15)32-14-28-22-21(19-10-27-20(25)11-26-19)29-24(30-23(22)32)31-12-17-8-9-18(13-31)33-17/h10-11,14-18H,2-9,12-13H2,1H3,(H2,25,27). The molecule has 2 atom stereocenters. The van der Waals surface area contributed by atoms with Crippen LogP contribution < -0.4 is 10.6 Å². The van der Waals surface area contributed by atoms with E-state index in [1.54, 1.807) is 12.4 Å². The van der Waals surface area contributed by atoms with Gasteiger partial charge in [-0.1, -0.05) is 19.8 Å². The van der Waals surface area contributed by atoms with Crippen molar-refractivity contribution in [3.05, 3.63) is 18.7 Å². The summed E-state index contributed by atoms with van der Waals surface area (Å²) in [4.78, 5) is 25.8. The van der Waals surface area contributed by atoms with Gasteiger partial charge < -0.3 is 19.9 Å². The van der Waals surface area contributed by atoms with Crippen LogP contribution >= 0.6 is 0 Å². The smallest absolute Gasteiger partial charge is 0.228 e. The first kappa shape index (κ1) is 20.8. The van der Waals surface area contributed by atoms with Gasteiger partial charge in [-0.15, -0.1) is 0 Å². The fraction of sp³-hybridized carbons (Fsp3) is 0.625. The highest BCUT2D eigenvalue weighted by Crippen LogP contribution is 2.37. The number of morpholine rings is 1. The van der Waals surface area contributed by atoms with Gasteiger partial charge in [-0.25, -0.2) is 19.9 Å². The highest BCUT2D eigenvalue weighted by Gasteiger charge is 2.35. The van der Waals surface area contributed by atoms with E-state index < -0.39 is 0 Å². The maximum atomic E-state index is 6.05. The number of hydrogen-bond donors (Lipinski definition) is 1. The molecule has 3 aromatic heterocycles. The minimum absolute atomic E-state index is 0.265. The van der Waals surface area contributed by atoms with Gasteiger partial charge in [0.15, 0.2) is 5.65 Å². The summed E-state index contributed by atoms with van der Waals surface area (Å²) < 4.78 is 8.33. The lowest BCUT2D eigenvalue weighted by atomic mass is 9.83. The number of fused-ring (bicyclic) bond motifs is 3. The third-order valence-corrected chi connectivity index (χ3v) is 7.56. The van der Waals surface area contributed by atoms with Crippen molar-refractivity contribution < 1.29 is 4.74 Å². The Labute approximate surface area is 193 Å². The van der Waals surface area contributed by atoms with Crippen molar-refractivity contribution in [3.63, 3.8) is 0 Å². The normalized spacial score (nSPS) is 27.4. The van der Waals surface area contributed by atoms with Crippen LogP contribution in [0.1, 0.15) is 64.3 Å². The zero-order valence-corrected chi connectivity index (χ0v) is 19.2. The van der Waals surface area contributed by atoms with Gasteiger partial charge in [0, 0.05) is 19.1 Å². The molecule has 6 rings (SSSR count). The van der Waals surface area contributed by atoms with Gasteiger partial charge in [-0.3, -0.25) is 0 Å². The molecule has 9 nitrogen and oxygen atoms in total. The number of nitrogens with two attached hydrogens (primary N) is 1. The molecule has 3 aliphatic rings. The van der Waals surface area contributed by atoms with Crippen LogP contribution in [0.5, 0.6) is 0 Å². The molecule has 1 aliphatic carbocycles. The molecule has 0 aromatic carbocycles. The SMILES string of the molecule is CCCC1CCC(n2cnc3c(-c4cnc(N)cn4)nc(N4CC5CCC(C4)O5)nc32)CC1. The van der Waals surface area contributed by atoms with Gasteiger partial charge in [-0.05, 0) is 44.4 Å². The topological polar surface area (TPSA) is 108 Å². The third kappa shape index (κ3) is 3.92. The Hall–Kier alpha value is -2.81. The van der Waals surface area contributed by atoms with E-state index in [0.29, 0.717) is 17.6 Å². The fourth-order valence-electron chi connectivity index (χ4n) is 5.85. The Morgan fingerprint density at radius 3 is 2.45 bits per heavy atom. The van der Waals surface area contributed by atoms with Gasteiger partial charge in [-0.2, -0.15) is 4.98 Å². The Bertz CT molecular complexity index is 1110. The quantitative estimate of drug-likeness (QED) is 0.628. The van der Waals surface area contributed by atoms with Crippen LogP contribution in [0.4, 0.5) is 11.8 Å².